The normalized spacial score (nSPS) is 11.8. The fourth-order valence-electron chi connectivity index (χ4n) is 9.91. The molecular formula is C64H56N4O6P2S. The number of rotatable bonds is 18. The van der Waals surface area contributed by atoms with E-state index in [-0.39, 0.29) is 21.3 Å². The number of allylic oxidation sites excluding steroid dienone is 4. The van der Waals surface area contributed by atoms with Gasteiger partial charge in [0.05, 0.1) is 32.5 Å². The maximum absolute atomic E-state index is 16.6. The van der Waals surface area contributed by atoms with Gasteiger partial charge in [0.2, 0.25) is 9.84 Å². The Kier molecular flexibility index (Phi) is 14.0. The molecule has 0 aliphatic carbocycles. The highest BCUT2D eigenvalue weighted by atomic mass is 32.2. The van der Waals surface area contributed by atoms with E-state index in [1.807, 2.05) is 170 Å². The van der Waals surface area contributed by atoms with Crippen molar-refractivity contribution in [1.82, 2.24) is 0 Å². The predicted octanol–water partition coefficient (Wildman–Crippen LogP) is 18.3. The third-order valence-electron chi connectivity index (χ3n) is 13.2. The highest BCUT2D eigenvalue weighted by Gasteiger charge is 2.46. The minimum absolute atomic E-state index is 0.0514. The van der Waals surface area contributed by atoms with Gasteiger partial charge in [-0.05, 0) is 122 Å². The Balaban J connectivity index is 1.03. The lowest BCUT2D eigenvalue weighted by atomic mass is 10.1. The zero-order valence-electron chi connectivity index (χ0n) is 43.2. The van der Waals surface area contributed by atoms with E-state index >= 15 is 9.13 Å². The molecule has 10 aromatic rings. The summed E-state index contributed by atoms with van der Waals surface area (Å²) in [6.07, 6.45) is 0. The molecule has 0 heterocycles. The van der Waals surface area contributed by atoms with Gasteiger partial charge in [0.15, 0.2) is 0 Å². The topological polar surface area (TPSA) is 99.7 Å². The summed E-state index contributed by atoms with van der Waals surface area (Å²) in [4.78, 5) is -0.103. The van der Waals surface area contributed by atoms with Gasteiger partial charge < -0.3 is 9.05 Å². The average Bonchev–Trinajstić information content (AvgIpc) is 3.49. The Hall–Kier alpha value is -8.59. The van der Waals surface area contributed by atoms with Crippen molar-refractivity contribution in [2.24, 2.45) is 0 Å². The fraction of sp³-hybridized carbons (Fsp3) is 0.0625. The molecule has 10 rings (SSSR count). The molecular weight excluding hydrogens is 1010 g/mol. The van der Waals surface area contributed by atoms with Crippen molar-refractivity contribution in [2.45, 2.75) is 37.5 Å². The Labute approximate surface area is 450 Å². The quantitative estimate of drug-likeness (QED) is 0.0773. The van der Waals surface area contributed by atoms with Gasteiger partial charge in [-0.3, -0.25) is 0 Å². The first kappa shape index (κ1) is 51.9. The molecule has 13 heteroatoms. The van der Waals surface area contributed by atoms with Crippen molar-refractivity contribution in [3.8, 4) is 11.5 Å². The summed E-state index contributed by atoms with van der Waals surface area (Å²) in [5, 5.41) is 6.95. The zero-order valence-corrected chi connectivity index (χ0v) is 45.8. The van der Waals surface area contributed by atoms with Crippen LogP contribution in [0, 0.1) is 0 Å². The Morgan fingerprint density at radius 1 is 0.338 bits per heavy atom. The molecule has 10 nitrogen and oxygen atoms in total. The molecule has 0 bridgehead atoms. The number of hydrogen-bond donors (Lipinski definition) is 0. The van der Waals surface area contributed by atoms with Crippen LogP contribution in [0.3, 0.4) is 0 Å². The first-order valence-electron chi connectivity index (χ1n) is 24.8. The van der Waals surface area contributed by atoms with Crippen molar-refractivity contribution in [3.63, 3.8) is 0 Å². The lowest BCUT2D eigenvalue weighted by molar-refractivity contribution is 0.477. The number of nitrogens with zero attached hydrogens (tertiary/aromatic N) is 4. The summed E-state index contributed by atoms with van der Waals surface area (Å²) in [6.45, 7) is 24.4. The van der Waals surface area contributed by atoms with Crippen LogP contribution in [-0.2, 0) is 19.0 Å². The summed E-state index contributed by atoms with van der Waals surface area (Å²) in [5.41, 5.74) is 4.10. The van der Waals surface area contributed by atoms with Crippen molar-refractivity contribution in [3.05, 3.63) is 267 Å². The Bertz CT molecular complexity index is 3710. The van der Waals surface area contributed by atoms with Crippen LogP contribution in [0.2, 0.25) is 0 Å². The molecule has 384 valence electrons. The van der Waals surface area contributed by atoms with Crippen LogP contribution in [0.15, 0.2) is 277 Å². The molecule has 0 saturated heterocycles. The molecule has 0 atom stereocenters. The van der Waals surface area contributed by atoms with Gasteiger partial charge >= 0.3 is 15.3 Å². The monoisotopic (exact) mass is 1070 g/mol. The van der Waals surface area contributed by atoms with Crippen molar-refractivity contribution >= 4 is 91.0 Å². The number of fused-ring (bicyclic) bond motifs is 4. The third kappa shape index (κ3) is 9.59. The first-order chi connectivity index (χ1) is 37.0. The summed E-state index contributed by atoms with van der Waals surface area (Å²) in [7, 11) is -13.0. The molecule has 77 heavy (non-hydrogen) atoms. The molecule has 10 aromatic carbocycles. The molecule has 0 aliphatic heterocycles. The smallest absolute Gasteiger partial charge is 0.413 e. The average molecular weight is 1070 g/mol. The van der Waals surface area contributed by atoms with Gasteiger partial charge in [-0.15, -0.1) is 0 Å². The van der Waals surface area contributed by atoms with Gasteiger partial charge in [0, 0.05) is 44.3 Å². The van der Waals surface area contributed by atoms with Crippen LogP contribution in [0.1, 0.15) is 27.7 Å². The Morgan fingerprint density at radius 2 is 0.558 bits per heavy atom. The van der Waals surface area contributed by atoms with E-state index in [9.17, 15) is 8.42 Å². The second-order valence-corrected chi connectivity index (χ2v) is 24.7. The van der Waals surface area contributed by atoms with Crippen LogP contribution >= 0.6 is 15.3 Å². The number of benzene rings is 10. The molecule has 0 N–H and O–H groups in total. The van der Waals surface area contributed by atoms with E-state index in [1.54, 1.807) is 46.4 Å². The van der Waals surface area contributed by atoms with E-state index in [1.165, 1.54) is 48.5 Å². The van der Waals surface area contributed by atoms with E-state index in [2.05, 4.69) is 26.3 Å². The van der Waals surface area contributed by atoms with Crippen LogP contribution < -0.4 is 27.7 Å². The predicted molar refractivity (Wildman–Crippen MR) is 320 cm³/mol. The SMILES string of the molecule is C=C(C)N(c1cccc2ccccc12)P(=O)(Oc1ccc(S(=O)(=O)c2ccc(OP(=O)(N(C(=C)C)c3cccc4ccccc34)N(C(=C)C)c3cccc4ccccc34)cc2)cc1)N(C(=C)C)c1cccc2ccccc12. The van der Waals surface area contributed by atoms with Crippen molar-refractivity contribution < 1.29 is 26.6 Å². The van der Waals surface area contributed by atoms with Crippen molar-refractivity contribution in [1.29, 1.82) is 0 Å². The van der Waals surface area contributed by atoms with Gasteiger partial charge in [-0.2, -0.15) is 0 Å². The number of anilines is 4. The molecule has 0 aliphatic rings. The maximum Gasteiger partial charge on any atom is 0.457 e. The zero-order chi connectivity index (χ0) is 54.2. The molecule has 0 spiro atoms. The van der Waals surface area contributed by atoms with Crippen LogP contribution in [-0.4, -0.2) is 8.42 Å². The molecule has 0 radical (unpaired) electrons. The number of sulfone groups is 1. The third-order valence-corrected chi connectivity index (χ3v) is 20.1. The molecule has 0 aromatic heterocycles. The van der Waals surface area contributed by atoms with Crippen LogP contribution in [0.4, 0.5) is 22.7 Å². The summed E-state index contributed by atoms with van der Waals surface area (Å²) >= 11 is 0. The van der Waals surface area contributed by atoms with E-state index in [4.69, 9.17) is 9.05 Å². The van der Waals surface area contributed by atoms with E-state index in [0.29, 0.717) is 45.5 Å². The minimum Gasteiger partial charge on any atom is -0.413 e. The molecule has 0 fully saturated rings. The van der Waals surface area contributed by atoms with Gasteiger partial charge in [-0.1, -0.05) is 172 Å². The molecule has 0 amide bonds. The van der Waals surface area contributed by atoms with Gasteiger partial charge in [0.25, 0.3) is 0 Å². The number of hydrogen-bond acceptors (Lipinski definition) is 6. The summed E-state index contributed by atoms with van der Waals surface area (Å²) in [6, 6.07) is 65.8. The van der Waals surface area contributed by atoms with E-state index in [0.717, 1.165) is 43.1 Å². The Morgan fingerprint density at radius 3 is 0.792 bits per heavy atom. The maximum atomic E-state index is 16.6. The molecule has 0 saturated carbocycles. The van der Waals surface area contributed by atoms with Crippen LogP contribution in [0.25, 0.3) is 43.1 Å². The van der Waals surface area contributed by atoms with Crippen molar-refractivity contribution in [2.75, 3.05) is 18.7 Å². The summed E-state index contributed by atoms with van der Waals surface area (Å²) in [5.74, 6) is 0.262. The molecule has 0 unspecified atom stereocenters. The van der Waals surface area contributed by atoms with Gasteiger partial charge in [0.1, 0.15) is 11.5 Å². The highest BCUT2D eigenvalue weighted by Crippen LogP contribution is 2.64. The minimum atomic E-state index is -4.39. The first-order valence-corrected chi connectivity index (χ1v) is 29.4. The standard InChI is InChI=1S/C64H56N4O6P2S/c1-45(2)65(61-33-17-25-49-21-9-13-29-57(49)61)75(69,66(46(3)4)62-34-18-26-50-22-10-14-30-58(50)62)73-53-37-41-55(42-38-53)77(71,72)56-43-39-54(40-44-56)74-76(70,67(47(5)6)63-35-19-27-51-23-11-15-31-59(51)63)68(48(7)8)64-36-20-28-52-24-12-16-32-60(52)64/h9-44H,1,3,5,7H2,2,4,6,8H3. The largest absolute Gasteiger partial charge is 0.457 e. The summed E-state index contributed by atoms with van der Waals surface area (Å²) < 4.78 is 82.4. The second-order valence-electron chi connectivity index (χ2n) is 18.8. The second kappa shape index (κ2) is 20.9. The van der Waals surface area contributed by atoms with E-state index < -0.39 is 25.2 Å². The lowest BCUT2D eigenvalue weighted by Gasteiger charge is -2.41. The van der Waals surface area contributed by atoms with Gasteiger partial charge in [-0.25, -0.2) is 36.2 Å². The highest BCUT2D eigenvalue weighted by molar-refractivity contribution is 7.91. The van der Waals surface area contributed by atoms with Crippen LogP contribution in [0.5, 0.6) is 11.5 Å². The fourth-order valence-corrected chi connectivity index (χ4v) is 16.2. The lowest BCUT2D eigenvalue weighted by Crippen LogP contribution is -2.33.